The van der Waals surface area contributed by atoms with E-state index in [4.69, 9.17) is 8.83 Å². The summed E-state index contributed by atoms with van der Waals surface area (Å²) in [5, 5.41) is 11.5. The van der Waals surface area contributed by atoms with Gasteiger partial charge in [-0.05, 0) is 105 Å². The van der Waals surface area contributed by atoms with Gasteiger partial charge in [0.05, 0.1) is 22.7 Å². The number of nitrogens with zero attached hydrogens (tertiary/aromatic N) is 2. The molecular formula is C70H52N2O2. The molecule has 0 aliphatic carbocycles. The van der Waals surface area contributed by atoms with Crippen LogP contribution >= 0.6 is 0 Å². The number of fused-ring (bicyclic) bond motifs is 6. The number of benzene rings is 12. The summed E-state index contributed by atoms with van der Waals surface area (Å²) in [5.74, 6) is 0.362. The van der Waals surface area contributed by atoms with Gasteiger partial charge in [0.25, 0.3) is 0 Å². The Labute approximate surface area is 430 Å². The van der Waals surface area contributed by atoms with Crippen LogP contribution < -0.4 is 9.80 Å². The minimum absolute atomic E-state index is 0.362. The summed E-state index contributed by atoms with van der Waals surface area (Å²) in [7, 11) is 0. The fourth-order valence-electron chi connectivity index (χ4n) is 12.0. The Bertz CT molecular complexity index is 4430. The molecule has 4 heteroatoms. The molecule has 0 bridgehead atoms. The summed E-state index contributed by atoms with van der Waals surface area (Å²) in [4.78, 5) is 4.79. The quantitative estimate of drug-likeness (QED) is 0.121. The SMILES string of the molecule is CCCc1ccccc1-c1cccc2c1oc1c(N(c3ccccc3)c3ccc4ccc5c(N(c6ccccc6)c6cccc7c6oc6c(-c8ccccc8C(C)C)cccc67)ccc6ccc3c4c65)cccc12. The van der Waals surface area contributed by atoms with E-state index in [-0.39, 0.29) is 0 Å². The van der Waals surface area contributed by atoms with Crippen molar-refractivity contribution in [2.24, 2.45) is 0 Å². The minimum atomic E-state index is 0.362. The first-order valence-corrected chi connectivity index (χ1v) is 26.0. The second-order valence-corrected chi connectivity index (χ2v) is 20.0. The van der Waals surface area contributed by atoms with E-state index in [1.54, 1.807) is 0 Å². The molecule has 0 amide bonds. The molecule has 14 rings (SSSR count). The topological polar surface area (TPSA) is 32.8 Å². The van der Waals surface area contributed by atoms with Gasteiger partial charge in [0.15, 0.2) is 11.2 Å². The number of anilines is 6. The van der Waals surface area contributed by atoms with Crippen molar-refractivity contribution in [2.45, 2.75) is 39.5 Å². The molecule has 0 saturated heterocycles. The van der Waals surface area contributed by atoms with Crippen molar-refractivity contribution < 1.29 is 8.83 Å². The molecular weight excluding hydrogens is 901 g/mol. The summed E-state index contributed by atoms with van der Waals surface area (Å²) < 4.78 is 14.4. The van der Waals surface area contributed by atoms with Crippen LogP contribution in [-0.2, 0) is 6.42 Å². The van der Waals surface area contributed by atoms with Crippen LogP contribution in [0, 0.1) is 0 Å². The van der Waals surface area contributed by atoms with Crippen LogP contribution in [0.1, 0.15) is 44.2 Å². The van der Waals surface area contributed by atoms with Gasteiger partial charge < -0.3 is 18.6 Å². The van der Waals surface area contributed by atoms with Crippen LogP contribution in [0.4, 0.5) is 34.1 Å². The van der Waals surface area contributed by atoms with Crippen molar-refractivity contribution in [3.05, 3.63) is 242 Å². The Morgan fingerprint density at radius 3 is 1.27 bits per heavy atom. The van der Waals surface area contributed by atoms with Crippen molar-refractivity contribution >= 4 is 110 Å². The maximum atomic E-state index is 7.22. The maximum Gasteiger partial charge on any atom is 0.159 e. The van der Waals surface area contributed by atoms with Gasteiger partial charge in [0.2, 0.25) is 0 Å². The number of furan rings is 2. The number of aryl methyl sites for hydroxylation is 1. The third-order valence-corrected chi connectivity index (χ3v) is 15.3. The van der Waals surface area contributed by atoms with E-state index in [0.717, 1.165) is 113 Å². The zero-order valence-electron chi connectivity index (χ0n) is 41.6. The minimum Gasteiger partial charge on any atom is -0.453 e. The highest BCUT2D eigenvalue weighted by molar-refractivity contribution is 6.29. The van der Waals surface area contributed by atoms with Crippen molar-refractivity contribution in [3.8, 4) is 22.3 Å². The van der Waals surface area contributed by atoms with Crippen molar-refractivity contribution in [1.82, 2.24) is 0 Å². The molecule has 0 atom stereocenters. The van der Waals surface area contributed by atoms with E-state index in [2.05, 4.69) is 261 Å². The lowest BCUT2D eigenvalue weighted by Gasteiger charge is -2.29. The van der Waals surface area contributed by atoms with Gasteiger partial charge in [-0.1, -0.05) is 209 Å². The van der Waals surface area contributed by atoms with Crippen LogP contribution in [-0.4, -0.2) is 0 Å². The predicted octanol–water partition coefficient (Wildman–Crippen LogP) is 20.7. The number of hydrogen-bond donors (Lipinski definition) is 0. The first-order chi connectivity index (χ1) is 36.5. The average Bonchev–Trinajstić information content (AvgIpc) is 4.08. The molecule has 14 aromatic rings. The van der Waals surface area contributed by atoms with Crippen LogP contribution in [0.25, 0.3) is 98.4 Å². The molecule has 0 saturated carbocycles. The normalized spacial score (nSPS) is 11.9. The molecule has 0 fully saturated rings. The van der Waals surface area contributed by atoms with Crippen LogP contribution in [0.3, 0.4) is 0 Å². The van der Waals surface area contributed by atoms with E-state index >= 15 is 0 Å². The van der Waals surface area contributed by atoms with Gasteiger partial charge in [0.1, 0.15) is 11.2 Å². The molecule has 0 aliphatic rings. The highest BCUT2D eigenvalue weighted by Gasteiger charge is 2.27. The summed E-state index contributed by atoms with van der Waals surface area (Å²) in [6, 6.07) is 83.7. The van der Waals surface area contributed by atoms with Gasteiger partial charge in [0, 0.05) is 54.8 Å². The van der Waals surface area contributed by atoms with Gasteiger partial charge in [-0.15, -0.1) is 0 Å². The number of hydrogen-bond acceptors (Lipinski definition) is 4. The summed E-state index contributed by atoms with van der Waals surface area (Å²) in [5.41, 5.74) is 17.0. The Morgan fingerprint density at radius 1 is 0.338 bits per heavy atom. The Hall–Kier alpha value is -9.12. The largest absolute Gasteiger partial charge is 0.453 e. The third-order valence-electron chi connectivity index (χ3n) is 15.3. The predicted molar refractivity (Wildman–Crippen MR) is 313 cm³/mol. The molecule has 12 aromatic carbocycles. The molecule has 2 heterocycles. The monoisotopic (exact) mass is 952 g/mol. The number of rotatable bonds is 11. The number of para-hydroxylation sites is 6. The standard InChI is InChI=1S/C70H52N2O2/c1-4-19-45-20-11-12-26-51(45)53-28-15-30-55-57-32-17-34-63(69(57)73-67(53)55)71(48-21-7-5-8-22-48)61-42-38-46-37-41-60-62(43-39-47-36-40-59(61)65(46)66(47)60)72(49-23-9-6-10-24-49)64-35-18-33-58-56-31-16-29-54(68(56)74-70(58)64)52-27-14-13-25-50(52)44(2)3/h5-18,20-44H,4,19H2,1-3H3. The second-order valence-electron chi connectivity index (χ2n) is 20.0. The molecule has 354 valence electrons. The fourth-order valence-corrected chi connectivity index (χ4v) is 12.0. The molecule has 2 aromatic heterocycles. The van der Waals surface area contributed by atoms with E-state index in [9.17, 15) is 0 Å². The van der Waals surface area contributed by atoms with Gasteiger partial charge in [-0.2, -0.15) is 0 Å². The van der Waals surface area contributed by atoms with Crippen LogP contribution in [0.2, 0.25) is 0 Å². The van der Waals surface area contributed by atoms with Crippen molar-refractivity contribution in [3.63, 3.8) is 0 Å². The van der Waals surface area contributed by atoms with E-state index < -0.39 is 0 Å². The molecule has 0 radical (unpaired) electrons. The van der Waals surface area contributed by atoms with Crippen LogP contribution in [0.15, 0.2) is 239 Å². The van der Waals surface area contributed by atoms with Crippen molar-refractivity contribution in [1.29, 1.82) is 0 Å². The average molecular weight is 953 g/mol. The first-order valence-electron chi connectivity index (χ1n) is 26.0. The fraction of sp³-hybridized carbons (Fsp3) is 0.0857. The van der Waals surface area contributed by atoms with E-state index in [0.29, 0.717) is 5.92 Å². The zero-order valence-corrected chi connectivity index (χ0v) is 41.6. The molecule has 74 heavy (non-hydrogen) atoms. The lowest BCUT2D eigenvalue weighted by atomic mass is 9.91. The highest BCUT2D eigenvalue weighted by atomic mass is 16.3. The van der Waals surface area contributed by atoms with E-state index in [1.807, 2.05) is 0 Å². The lowest BCUT2D eigenvalue weighted by Crippen LogP contribution is -2.11. The summed E-state index contributed by atoms with van der Waals surface area (Å²) in [6.45, 7) is 6.76. The van der Waals surface area contributed by atoms with Gasteiger partial charge in [-0.3, -0.25) is 0 Å². The Kier molecular flexibility index (Phi) is 10.4. The third kappa shape index (κ3) is 6.82. The summed E-state index contributed by atoms with van der Waals surface area (Å²) in [6.07, 6.45) is 2.08. The van der Waals surface area contributed by atoms with Crippen LogP contribution in [0.5, 0.6) is 0 Å². The summed E-state index contributed by atoms with van der Waals surface area (Å²) >= 11 is 0. The highest BCUT2D eigenvalue weighted by Crippen LogP contribution is 2.51. The van der Waals surface area contributed by atoms with Crippen molar-refractivity contribution in [2.75, 3.05) is 9.80 Å². The second kappa shape index (κ2) is 17.6. The Balaban J connectivity index is 0.983. The Morgan fingerprint density at radius 2 is 0.757 bits per heavy atom. The van der Waals surface area contributed by atoms with E-state index in [1.165, 1.54) is 43.8 Å². The molecule has 0 N–H and O–H groups in total. The lowest BCUT2D eigenvalue weighted by molar-refractivity contribution is 0.669. The first kappa shape index (κ1) is 43.7. The zero-order chi connectivity index (χ0) is 49.4. The molecule has 0 aliphatic heterocycles. The smallest absolute Gasteiger partial charge is 0.159 e. The molecule has 4 nitrogen and oxygen atoms in total. The molecule has 0 spiro atoms. The van der Waals surface area contributed by atoms with Gasteiger partial charge in [-0.25, -0.2) is 0 Å². The van der Waals surface area contributed by atoms with Gasteiger partial charge >= 0.3 is 0 Å². The maximum absolute atomic E-state index is 7.22. The molecule has 0 unspecified atom stereocenters.